The van der Waals surface area contributed by atoms with Gasteiger partial charge in [-0.25, -0.2) is 17.9 Å². The molecule has 0 aromatic heterocycles. The Morgan fingerprint density at radius 1 is 1.17 bits per heavy atom. The molecule has 0 bridgehead atoms. The van der Waals surface area contributed by atoms with E-state index in [-0.39, 0.29) is 11.3 Å². The van der Waals surface area contributed by atoms with Crippen molar-refractivity contribution in [2.24, 2.45) is 0 Å². The summed E-state index contributed by atoms with van der Waals surface area (Å²) in [6, 6.07) is 6.55. The van der Waals surface area contributed by atoms with Crippen LogP contribution in [0.3, 0.4) is 0 Å². The number of hydrogen-bond donors (Lipinski definition) is 2. The van der Waals surface area contributed by atoms with Gasteiger partial charge in [0.05, 0.1) is 4.90 Å². The molecule has 8 heteroatoms. The number of alkyl carbamates (subject to hydrolysis) is 1. The van der Waals surface area contributed by atoms with Gasteiger partial charge < -0.3 is 10.1 Å². The molecular weight excluding hydrogens is 332 g/mol. The average Bonchev–Trinajstić information content (AvgIpc) is 2.45. The highest BCUT2D eigenvalue weighted by Gasteiger charge is 2.27. The Morgan fingerprint density at radius 3 is 2.25 bits per heavy atom. The predicted molar refractivity (Wildman–Crippen MR) is 89.8 cm³/mol. The fraction of sp³-hybridized carbons (Fsp3) is 0.500. The van der Waals surface area contributed by atoms with Gasteiger partial charge in [0, 0.05) is 0 Å². The third-order valence-electron chi connectivity index (χ3n) is 2.87. The molecule has 0 fully saturated rings. The summed E-state index contributed by atoms with van der Waals surface area (Å²) in [6.07, 6.45) is 0.0995. The van der Waals surface area contributed by atoms with Crippen molar-refractivity contribution in [2.75, 3.05) is 0 Å². The van der Waals surface area contributed by atoms with E-state index in [1.165, 1.54) is 12.1 Å². The van der Waals surface area contributed by atoms with Crippen molar-refractivity contribution in [3.05, 3.63) is 30.3 Å². The summed E-state index contributed by atoms with van der Waals surface area (Å²) in [7, 11) is -3.99. The SMILES string of the molecule is CCC[C@H](NC(=O)OC(C)(C)C)C(=O)NS(=O)(=O)c1ccccc1. The van der Waals surface area contributed by atoms with Gasteiger partial charge in [-0.05, 0) is 39.3 Å². The number of hydrogen-bond acceptors (Lipinski definition) is 5. The smallest absolute Gasteiger partial charge is 0.408 e. The third-order valence-corrected chi connectivity index (χ3v) is 4.24. The summed E-state index contributed by atoms with van der Waals surface area (Å²) >= 11 is 0. The van der Waals surface area contributed by atoms with Crippen molar-refractivity contribution in [1.29, 1.82) is 0 Å². The molecule has 0 saturated carbocycles. The van der Waals surface area contributed by atoms with Gasteiger partial charge in [0.25, 0.3) is 15.9 Å². The van der Waals surface area contributed by atoms with Crippen LogP contribution in [0.25, 0.3) is 0 Å². The number of nitrogens with one attached hydrogen (secondary N) is 2. The Morgan fingerprint density at radius 2 is 1.75 bits per heavy atom. The molecule has 134 valence electrons. The van der Waals surface area contributed by atoms with Crippen LogP contribution in [0, 0.1) is 0 Å². The average molecular weight is 356 g/mol. The number of rotatable bonds is 6. The van der Waals surface area contributed by atoms with Crippen LogP contribution in [0.15, 0.2) is 35.2 Å². The molecule has 0 radical (unpaired) electrons. The summed E-state index contributed by atoms with van der Waals surface area (Å²) < 4.78 is 31.5. The summed E-state index contributed by atoms with van der Waals surface area (Å²) in [6.45, 7) is 6.91. The molecule has 0 aliphatic heterocycles. The van der Waals surface area contributed by atoms with Crippen LogP contribution in [0.2, 0.25) is 0 Å². The maximum Gasteiger partial charge on any atom is 0.408 e. The molecule has 2 N–H and O–H groups in total. The second-order valence-electron chi connectivity index (χ2n) is 6.27. The minimum Gasteiger partial charge on any atom is -0.444 e. The summed E-state index contributed by atoms with van der Waals surface area (Å²) in [4.78, 5) is 24.1. The van der Waals surface area contributed by atoms with Crippen LogP contribution < -0.4 is 10.0 Å². The van der Waals surface area contributed by atoms with Crippen molar-refractivity contribution in [1.82, 2.24) is 10.0 Å². The van der Waals surface area contributed by atoms with E-state index in [0.29, 0.717) is 6.42 Å². The Hall–Kier alpha value is -2.09. The zero-order chi connectivity index (χ0) is 18.4. The number of sulfonamides is 1. The summed E-state index contributed by atoms with van der Waals surface area (Å²) in [5, 5.41) is 2.41. The molecule has 24 heavy (non-hydrogen) atoms. The van der Waals surface area contributed by atoms with Crippen LogP contribution in [-0.2, 0) is 19.6 Å². The maximum atomic E-state index is 12.3. The molecule has 2 amide bonds. The van der Waals surface area contributed by atoms with Crippen LogP contribution in [0.4, 0.5) is 4.79 Å². The lowest BCUT2D eigenvalue weighted by atomic mass is 10.1. The van der Waals surface area contributed by atoms with E-state index in [1.54, 1.807) is 39.0 Å². The summed E-state index contributed by atoms with van der Waals surface area (Å²) in [5.41, 5.74) is -0.715. The van der Waals surface area contributed by atoms with E-state index in [1.807, 2.05) is 11.6 Å². The van der Waals surface area contributed by atoms with Crippen molar-refractivity contribution >= 4 is 22.0 Å². The van der Waals surface area contributed by atoms with E-state index in [2.05, 4.69) is 5.32 Å². The first kappa shape index (κ1) is 20.0. The molecule has 0 aliphatic carbocycles. The van der Waals surface area contributed by atoms with E-state index in [4.69, 9.17) is 4.74 Å². The zero-order valence-corrected chi connectivity index (χ0v) is 15.1. The van der Waals surface area contributed by atoms with Gasteiger partial charge in [-0.2, -0.15) is 0 Å². The number of ether oxygens (including phenoxy) is 1. The second kappa shape index (κ2) is 8.14. The quantitative estimate of drug-likeness (QED) is 0.813. The number of benzene rings is 1. The molecule has 0 aliphatic rings. The topological polar surface area (TPSA) is 102 Å². The first-order valence-corrected chi connectivity index (χ1v) is 9.14. The Kier molecular flexibility index (Phi) is 6.77. The molecule has 7 nitrogen and oxygen atoms in total. The highest BCUT2D eigenvalue weighted by atomic mass is 32.2. The monoisotopic (exact) mass is 356 g/mol. The summed E-state index contributed by atoms with van der Waals surface area (Å²) in [5.74, 6) is -0.799. The fourth-order valence-electron chi connectivity index (χ4n) is 1.87. The molecule has 1 aromatic carbocycles. The number of carbonyl (C=O) groups excluding carboxylic acids is 2. The van der Waals surface area contributed by atoms with Gasteiger partial charge >= 0.3 is 6.09 Å². The zero-order valence-electron chi connectivity index (χ0n) is 14.3. The highest BCUT2D eigenvalue weighted by molar-refractivity contribution is 7.90. The number of carbonyl (C=O) groups is 2. The van der Waals surface area contributed by atoms with Crippen molar-refractivity contribution in [2.45, 2.75) is 57.1 Å². The van der Waals surface area contributed by atoms with Gasteiger partial charge in [0.2, 0.25) is 0 Å². The van der Waals surface area contributed by atoms with Crippen molar-refractivity contribution in [3.8, 4) is 0 Å². The first-order valence-electron chi connectivity index (χ1n) is 7.66. The van der Waals surface area contributed by atoms with Crippen molar-refractivity contribution < 1.29 is 22.7 Å². The molecular formula is C16H24N2O5S. The fourth-order valence-corrected chi connectivity index (χ4v) is 2.91. The number of amides is 2. The van der Waals surface area contributed by atoms with Crippen LogP contribution in [0.5, 0.6) is 0 Å². The van der Waals surface area contributed by atoms with Crippen LogP contribution >= 0.6 is 0 Å². The van der Waals surface area contributed by atoms with Gasteiger partial charge in [-0.3, -0.25) is 4.79 Å². The lowest BCUT2D eigenvalue weighted by Gasteiger charge is -2.23. The normalized spacial score (nSPS) is 13.0. The minimum atomic E-state index is -3.99. The maximum absolute atomic E-state index is 12.3. The highest BCUT2D eigenvalue weighted by Crippen LogP contribution is 2.10. The standard InChI is InChI=1S/C16H24N2O5S/c1-5-9-13(17-15(20)23-16(2,3)4)14(19)18-24(21,22)12-10-7-6-8-11-12/h6-8,10-11,13H,5,9H2,1-4H3,(H,17,20)(H,18,19)/t13-/m0/s1. The Balaban J connectivity index is 2.82. The van der Waals surface area contributed by atoms with Gasteiger partial charge in [0.1, 0.15) is 11.6 Å². The Labute approximate surface area is 142 Å². The molecule has 0 unspecified atom stereocenters. The molecule has 1 rings (SSSR count). The predicted octanol–water partition coefficient (Wildman–Crippen LogP) is 2.18. The Bertz CT molecular complexity index is 665. The minimum absolute atomic E-state index is 0.0223. The third kappa shape index (κ3) is 6.57. The molecule has 1 aromatic rings. The molecule has 0 spiro atoms. The van der Waals surface area contributed by atoms with Crippen LogP contribution in [0.1, 0.15) is 40.5 Å². The van der Waals surface area contributed by atoms with E-state index in [0.717, 1.165) is 0 Å². The molecule has 1 atom stereocenters. The molecule has 0 saturated heterocycles. The first-order chi connectivity index (χ1) is 11.0. The second-order valence-corrected chi connectivity index (χ2v) is 7.95. The van der Waals surface area contributed by atoms with Crippen LogP contribution in [-0.4, -0.2) is 32.1 Å². The van der Waals surface area contributed by atoms with Gasteiger partial charge in [-0.1, -0.05) is 31.5 Å². The van der Waals surface area contributed by atoms with Gasteiger partial charge in [0.15, 0.2) is 0 Å². The van der Waals surface area contributed by atoms with Gasteiger partial charge in [-0.15, -0.1) is 0 Å². The van der Waals surface area contributed by atoms with E-state index < -0.39 is 33.7 Å². The van der Waals surface area contributed by atoms with E-state index in [9.17, 15) is 18.0 Å². The largest absolute Gasteiger partial charge is 0.444 e. The lowest BCUT2D eigenvalue weighted by molar-refractivity contribution is -0.121. The van der Waals surface area contributed by atoms with Crippen molar-refractivity contribution in [3.63, 3.8) is 0 Å². The van der Waals surface area contributed by atoms with E-state index >= 15 is 0 Å². The lowest BCUT2D eigenvalue weighted by Crippen LogP contribution is -2.49. The molecule has 0 heterocycles.